The highest BCUT2D eigenvalue weighted by atomic mass is 31.2. The fourth-order valence-electron chi connectivity index (χ4n) is 9.14. The summed E-state index contributed by atoms with van der Waals surface area (Å²) in [7, 11) is -10.0. The minimum atomic E-state index is -5.02. The SMILES string of the molecule is CC/C=C\C/C=C\C/C=C\C/C=C\C/C=C\CC(=O)OCC(COP(=O)(O)OCC(O)COP(=O)(O)OCC(COC(=O)CCCCCCCCC/C=C\C/C=C\C/C=C\CC)OC(=O)CCCCCCC/C=C\CCCCCC)OC(=O)C/C=C\C/C=C\C/C=C\C/C=C\C/C=C\CC. The zero-order valence-corrected chi connectivity index (χ0v) is 63.3. The van der Waals surface area contributed by atoms with Crippen LogP contribution < -0.4 is 0 Å². The Morgan fingerprint density at radius 2 is 0.570 bits per heavy atom. The number of hydrogen-bond donors (Lipinski definition) is 3. The average Bonchev–Trinajstić information content (AvgIpc) is 0.988. The van der Waals surface area contributed by atoms with E-state index in [0.717, 1.165) is 154 Å². The molecular formula is C81H130O17P2. The summed E-state index contributed by atoms with van der Waals surface area (Å²) in [5.41, 5.74) is 0. The third kappa shape index (κ3) is 70.8. The first-order valence-electron chi connectivity index (χ1n) is 37.4. The fourth-order valence-corrected chi connectivity index (χ4v) is 10.7. The highest BCUT2D eigenvalue weighted by molar-refractivity contribution is 7.47. The van der Waals surface area contributed by atoms with Crippen LogP contribution in [-0.2, 0) is 65.4 Å². The van der Waals surface area contributed by atoms with E-state index in [1.807, 2.05) is 30.4 Å². The third-order valence-electron chi connectivity index (χ3n) is 14.7. The molecule has 0 radical (unpaired) electrons. The van der Waals surface area contributed by atoms with Crippen molar-refractivity contribution < 1.29 is 80.2 Å². The molecule has 0 aromatic heterocycles. The Morgan fingerprint density at radius 3 is 0.940 bits per heavy atom. The van der Waals surface area contributed by atoms with E-state index in [-0.39, 0.29) is 25.7 Å². The number of carbonyl (C=O) groups is 4. The van der Waals surface area contributed by atoms with E-state index < -0.39 is 97.5 Å². The van der Waals surface area contributed by atoms with E-state index in [2.05, 4.69) is 149 Å². The van der Waals surface area contributed by atoms with Gasteiger partial charge in [-0.3, -0.25) is 37.3 Å². The van der Waals surface area contributed by atoms with Gasteiger partial charge in [-0.25, -0.2) is 9.13 Å². The molecule has 0 heterocycles. The lowest BCUT2D eigenvalue weighted by molar-refractivity contribution is -0.161. The number of carbonyl (C=O) groups excluding carboxylic acids is 4. The molecule has 5 unspecified atom stereocenters. The van der Waals surface area contributed by atoms with Crippen LogP contribution >= 0.6 is 15.6 Å². The van der Waals surface area contributed by atoms with Crippen molar-refractivity contribution in [2.24, 2.45) is 0 Å². The van der Waals surface area contributed by atoms with Gasteiger partial charge in [-0.1, -0.05) is 268 Å². The topological polar surface area (TPSA) is 237 Å². The van der Waals surface area contributed by atoms with E-state index in [0.29, 0.717) is 25.7 Å². The minimum absolute atomic E-state index is 0.0727. The van der Waals surface area contributed by atoms with Crippen LogP contribution in [0, 0.1) is 0 Å². The van der Waals surface area contributed by atoms with Gasteiger partial charge in [-0.2, -0.15) is 0 Å². The zero-order chi connectivity index (χ0) is 73.2. The molecule has 0 bridgehead atoms. The van der Waals surface area contributed by atoms with Gasteiger partial charge in [-0.15, -0.1) is 0 Å². The molecule has 566 valence electrons. The molecule has 3 N–H and O–H groups in total. The molecule has 19 heteroatoms. The lowest BCUT2D eigenvalue weighted by Crippen LogP contribution is -2.30. The number of aliphatic hydroxyl groups is 1. The fraction of sp³-hybridized carbons (Fsp3) is 0.605. The first-order valence-corrected chi connectivity index (χ1v) is 40.4. The van der Waals surface area contributed by atoms with Crippen molar-refractivity contribution >= 4 is 39.5 Å². The Morgan fingerprint density at radius 1 is 0.300 bits per heavy atom. The molecule has 17 nitrogen and oxygen atoms in total. The monoisotopic (exact) mass is 1440 g/mol. The normalized spacial score (nSPS) is 14.9. The van der Waals surface area contributed by atoms with E-state index in [1.165, 1.54) is 25.7 Å². The Bertz CT molecular complexity index is 2570. The van der Waals surface area contributed by atoms with Gasteiger partial charge in [-0.05, 0) is 135 Å². The van der Waals surface area contributed by atoms with Gasteiger partial charge in [0, 0.05) is 12.8 Å². The maximum absolute atomic E-state index is 13.1. The molecule has 100 heavy (non-hydrogen) atoms. The van der Waals surface area contributed by atoms with E-state index in [4.69, 9.17) is 37.0 Å². The molecule has 0 fully saturated rings. The molecule has 0 aromatic rings. The third-order valence-corrected chi connectivity index (χ3v) is 16.6. The first kappa shape index (κ1) is 94.4. The second kappa shape index (κ2) is 71.8. The van der Waals surface area contributed by atoms with Crippen molar-refractivity contribution in [3.05, 3.63) is 170 Å². The van der Waals surface area contributed by atoms with Crippen molar-refractivity contribution in [3.63, 3.8) is 0 Å². The van der Waals surface area contributed by atoms with Gasteiger partial charge in [0.2, 0.25) is 0 Å². The predicted octanol–water partition coefficient (Wildman–Crippen LogP) is 21.4. The van der Waals surface area contributed by atoms with Crippen LogP contribution in [0.15, 0.2) is 170 Å². The number of aliphatic hydroxyl groups excluding tert-OH is 1. The quantitative estimate of drug-likeness (QED) is 0.0169. The molecule has 5 atom stereocenters. The van der Waals surface area contributed by atoms with Crippen molar-refractivity contribution in [1.82, 2.24) is 0 Å². The largest absolute Gasteiger partial charge is 0.472 e. The molecule has 0 aromatic carbocycles. The number of unbranched alkanes of at least 4 members (excludes halogenated alkanes) is 16. The summed E-state index contributed by atoms with van der Waals surface area (Å²) in [5.74, 6) is -2.51. The van der Waals surface area contributed by atoms with Crippen LogP contribution in [0.4, 0.5) is 0 Å². The summed E-state index contributed by atoms with van der Waals surface area (Å²) in [4.78, 5) is 72.7. The summed E-state index contributed by atoms with van der Waals surface area (Å²) < 4.78 is 68.1. The number of rotatable bonds is 68. The second-order valence-corrected chi connectivity index (χ2v) is 27.0. The van der Waals surface area contributed by atoms with Crippen LogP contribution in [0.3, 0.4) is 0 Å². The van der Waals surface area contributed by atoms with Gasteiger partial charge >= 0.3 is 39.5 Å². The molecule has 0 amide bonds. The van der Waals surface area contributed by atoms with E-state index >= 15 is 0 Å². The van der Waals surface area contributed by atoms with Crippen LogP contribution in [0.1, 0.15) is 259 Å². The minimum Gasteiger partial charge on any atom is -0.462 e. The van der Waals surface area contributed by atoms with E-state index in [1.54, 1.807) is 18.2 Å². The number of allylic oxidation sites excluding steroid dienone is 26. The zero-order valence-electron chi connectivity index (χ0n) is 61.5. The Balaban J connectivity index is 5.50. The molecule has 0 saturated heterocycles. The number of phosphoric ester groups is 2. The Labute approximate surface area is 603 Å². The van der Waals surface area contributed by atoms with Gasteiger partial charge in [0.25, 0.3) is 0 Å². The highest BCUT2D eigenvalue weighted by Gasteiger charge is 2.30. The Hall–Kier alpha value is -5.58. The lowest BCUT2D eigenvalue weighted by atomic mass is 10.1. The van der Waals surface area contributed by atoms with Crippen LogP contribution in [0.5, 0.6) is 0 Å². The van der Waals surface area contributed by atoms with Gasteiger partial charge in [0.05, 0.1) is 39.3 Å². The number of hydrogen-bond acceptors (Lipinski definition) is 15. The first-order chi connectivity index (χ1) is 48.7. The number of esters is 4. The molecule has 0 aliphatic heterocycles. The van der Waals surface area contributed by atoms with Gasteiger partial charge in [0.1, 0.15) is 19.3 Å². The number of ether oxygens (including phenoxy) is 4. The van der Waals surface area contributed by atoms with E-state index in [9.17, 15) is 43.2 Å². The highest BCUT2D eigenvalue weighted by Crippen LogP contribution is 2.45. The summed E-state index contributed by atoms with van der Waals surface area (Å²) in [6.45, 7) is 4.23. The lowest BCUT2D eigenvalue weighted by Gasteiger charge is -2.21. The van der Waals surface area contributed by atoms with Gasteiger partial charge < -0.3 is 33.8 Å². The predicted molar refractivity (Wildman–Crippen MR) is 408 cm³/mol. The smallest absolute Gasteiger partial charge is 0.462 e. The average molecular weight is 1440 g/mol. The van der Waals surface area contributed by atoms with Crippen LogP contribution in [0.2, 0.25) is 0 Å². The molecule has 0 spiro atoms. The van der Waals surface area contributed by atoms with Crippen molar-refractivity contribution in [2.45, 2.75) is 277 Å². The summed E-state index contributed by atoms with van der Waals surface area (Å²) in [6, 6.07) is 0. The standard InChI is InChI=1S/C81H130O17P2/c1-5-9-13-17-21-25-29-33-36-37-40-43-46-50-54-58-62-66-79(84)92-71-76(97-80(85)67-63-59-55-51-47-41-32-28-24-20-16-12-8-4)73-95-99(87,88)93-69-75(82)70-94-100(89,90)96-74-77(98-81(86)68-64-60-56-52-48-44-39-35-31-27-23-19-15-11-7-3)72-91-78(83)65-61-57-53-49-45-42-38-34-30-26-22-18-14-10-6-2/h9-11,13-15,21-23,25-28,32-36,38-39,45,48-49,52,57,60-61,64,75-77,82H,5-8,12,16-20,24,29-31,37,40-44,46-47,50-51,53-56,58-59,62-63,65-74H2,1-4H3,(H,87,88)(H,89,90)/b13-9-,14-10-,15-11-,25-21-,26-22-,27-23-,32-28-,36-33-,38-34-,39-35-,49-45-,52-48-,61-57-,64-60-. The summed E-state index contributed by atoms with van der Waals surface area (Å²) >= 11 is 0. The molecule has 0 aliphatic rings. The van der Waals surface area contributed by atoms with Gasteiger partial charge in [0.15, 0.2) is 12.2 Å². The molecular weight excluding hydrogens is 1310 g/mol. The molecule has 0 saturated carbocycles. The summed E-state index contributed by atoms with van der Waals surface area (Å²) in [6.07, 6.45) is 84.1. The summed E-state index contributed by atoms with van der Waals surface area (Å²) in [5, 5.41) is 10.6. The maximum atomic E-state index is 13.1. The maximum Gasteiger partial charge on any atom is 0.472 e. The van der Waals surface area contributed by atoms with Crippen molar-refractivity contribution in [3.8, 4) is 0 Å². The van der Waals surface area contributed by atoms with Crippen LogP contribution in [0.25, 0.3) is 0 Å². The number of phosphoric acid groups is 2. The second-order valence-electron chi connectivity index (χ2n) is 24.1. The molecule has 0 rings (SSSR count). The van der Waals surface area contributed by atoms with Crippen molar-refractivity contribution in [1.29, 1.82) is 0 Å². The van der Waals surface area contributed by atoms with Crippen LogP contribution in [-0.4, -0.2) is 96.7 Å². The van der Waals surface area contributed by atoms with Crippen molar-refractivity contribution in [2.75, 3.05) is 39.6 Å². The Kier molecular flexibility index (Phi) is 67.8. The molecule has 0 aliphatic carbocycles.